The molecule has 0 atom stereocenters. The number of halogens is 1. The van der Waals surface area contributed by atoms with E-state index in [9.17, 15) is 9.59 Å². The van der Waals surface area contributed by atoms with Crippen molar-refractivity contribution in [3.63, 3.8) is 0 Å². The normalized spacial score (nSPS) is 14.8. The fraction of sp³-hybridized carbons (Fsp3) is 0.318. The van der Waals surface area contributed by atoms with Crippen LogP contribution in [-0.2, 0) is 11.2 Å². The van der Waals surface area contributed by atoms with Gasteiger partial charge in [0.25, 0.3) is 5.91 Å². The van der Waals surface area contributed by atoms with E-state index in [0.717, 1.165) is 42.0 Å². The van der Waals surface area contributed by atoms with E-state index in [0.29, 0.717) is 28.6 Å². The number of rotatable bonds is 5. The zero-order chi connectivity index (χ0) is 21.1. The molecule has 0 unspecified atom stereocenters. The lowest BCUT2D eigenvalue weighted by Crippen LogP contribution is -2.47. The Morgan fingerprint density at radius 2 is 1.83 bits per heavy atom. The van der Waals surface area contributed by atoms with Gasteiger partial charge in [0.15, 0.2) is 5.13 Å². The predicted octanol–water partition coefficient (Wildman–Crippen LogP) is 3.91. The number of amides is 2. The third-order valence-corrected chi connectivity index (χ3v) is 6.41. The summed E-state index contributed by atoms with van der Waals surface area (Å²) in [4.78, 5) is 33.7. The monoisotopic (exact) mass is 442 g/mol. The molecule has 1 N–H and O–H groups in total. The quantitative estimate of drug-likeness (QED) is 0.650. The molecule has 0 radical (unpaired) electrons. The van der Waals surface area contributed by atoms with E-state index in [1.807, 2.05) is 47.4 Å². The molecule has 1 aromatic heterocycles. The number of piperazine rings is 1. The fourth-order valence-corrected chi connectivity index (χ4v) is 4.44. The number of carbonyl (C=O) groups is 2. The Labute approximate surface area is 184 Å². The summed E-state index contributed by atoms with van der Waals surface area (Å²) in [5.74, 6) is -0.0373. The maximum atomic E-state index is 12.8. The van der Waals surface area contributed by atoms with Crippen LogP contribution in [0.1, 0.15) is 22.3 Å². The number of carbonyl (C=O) groups excluding carboxylic acids is 2. The van der Waals surface area contributed by atoms with Crippen LogP contribution in [0.5, 0.6) is 0 Å². The van der Waals surface area contributed by atoms with Crippen LogP contribution in [0.15, 0.2) is 42.5 Å². The van der Waals surface area contributed by atoms with Crippen molar-refractivity contribution in [1.82, 2.24) is 14.8 Å². The van der Waals surface area contributed by atoms with Gasteiger partial charge in [0.05, 0.1) is 10.2 Å². The van der Waals surface area contributed by atoms with Crippen LogP contribution in [0.3, 0.4) is 0 Å². The van der Waals surface area contributed by atoms with Crippen LogP contribution in [0.25, 0.3) is 10.2 Å². The molecule has 1 aliphatic rings. The first-order chi connectivity index (χ1) is 14.5. The molecule has 1 saturated heterocycles. The first kappa shape index (κ1) is 20.8. The van der Waals surface area contributed by atoms with E-state index >= 15 is 0 Å². The summed E-state index contributed by atoms with van der Waals surface area (Å²) in [5, 5.41) is 4.11. The number of hydrogen-bond donors (Lipinski definition) is 1. The molecule has 3 aromatic rings. The smallest absolute Gasteiger partial charge is 0.253 e. The van der Waals surface area contributed by atoms with Gasteiger partial charge in [0, 0.05) is 43.2 Å². The number of hydrogen-bond acceptors (Lipinski definition) is 5. The maximum absolute atomic E-state index is 12.8. The Morgan fingerprint density at radius 1 is 1.10 bits per heavy atom. The van der Waals surface area contributed by atoms with Gasteiger partial charge in [0.2, 0.25) is 5.91 Å². The molecule has 1 aliphatic heterocycles. The minimum absolute atomic E-state index is 0.0481. The van der Waals surface area contributed by atoms with Gasteiger partial charge in [-0.3, -0.25) is 9.59 Å². The van der Waals surface area contributed by atoms with Gasteiger partial charge in [-0.2, -0.15) is 0 Å². The Kier molecular flexibility index (Phi) is 6.32. The summed E-state index contributed by atoms with van der Waals surface area (Å²) in [7, 11) is 2.07. The van der Waals surface area contributed by atoms with E-state index in [-0.39, 0.29) is 11.8 Å². The van der Waals surface area contributed by atoms with Crippen molar-refractivity contribution in [2.24, 2.45) is 0 Å². The zero-order valence-corrected chi connectivity index (χ0v) is 18.3. The molecule has 1 fully saturated rings. The highest BCUT2D eigenvalue weighted by Gasteiger charge is 2.21. The minimum Gasteiger partial charge on any atom is -0.336 e. The van der Waals surface area contributed by atoms with Gasteiger partial charge in [-0.15, -0.1) is 0 Å². The third kappa shape index (κ3) is 4.98. The number of aryl methyl sites for hydroxylation is 1. The van der Waals surface area contributed by atoms with E-state index in [1.54, 1.807) is 0 Å². The Bertz CT molecular complexity index is 1060. The van der Waals surface area contributed by atoms with Gasteiger partial charge in [-0.05, 0) is 49.4 Å². The SMILES string of the molecule is CN1CCN(C(=O)c2ccc3nc(NC(=O)CCc4ccc(Cl)cc4)sc3c2)CC1. The van der Waals surface area contributed by atoms with Crippen LogP contribution in [0.2, 0.25) is 5.02 Å². The van der Waals surface area contributed by atoms with Crippen molar-refractivity contribution >= 4 is 50.1 Å². The second kappa shape index (κ2) is 9.12. The van der Waals surface area contributed by atoms with E-state index in [2.05, 4.69) is 22.2 Å². The standard InChI is InChI=1S/C22H23ClN4O2S/c1-26-10-12-27(13-11-26)21(29)16-5-8-18-19(14-16)30-22(24-18)25-20(28)9-4-15-2-6-17(23)7-3-15/h2-3,5-8,14H,4,9-13H2,1H3,(H,24,25,28). The van der Waals surface area contributed by atoms with Crippen molar-refractivity contribution in [2.75, 3.05) is 38.5 Å². The summed E-state index contributed by atoms with van der Waals surface area (Å²) in [6, 6.07) is 13.0. The predicted molar refractivity (Wildman–Crippen MR) is 121 cm³/mol. The lowest BCUT2D eigenvalue weighted by atomic mass is 10.1. The fourth-order valence-electron chi connectivity index (χ4n) is 3.39. The molecule has 6 nitrogen and oxygen atoms in total. The summed E-state index contributed by atoms with van der Waals surface area (Å²) in [6.45, 7) is 3.26. The summed E-state index contributed by atoms with van der Waals surface area (Å²) >= 11 is 7.28. The molecule has 0 saturated carbocycles. The molecule has 0 bridgehead atoms. The zero-order valence-electron chi connectivity index (χ0n) is 16.7. The Morgan fingerprint density at radius 3 is 2.57 bits per heavy atom. The van der Waals surface area contributed by atoms with Crippen LogP contribution >= 0.6 is 22.9 Å². The van der Waals surface area contributed by atoms with E-state index < -0.39 is 0 Å². The van der Waals surface area contributed by atoms with Gasteiger partial charge >= 0.3 is 0 Å². The number of nitrogens with one attached hydrogen (secondary N) is 1. The molecule has 2 aromatic carbocycles. The van der Waals surface area contributed by atoms with Crippen molar-refractivity contribution in [3.8, 4) is 0 Å². The van der Waals surface area contributed by atoms with Crippen molar-refractivity contribution in [3.05, 3.63) is 58.6 Å². The highest BCUT2D eigenvalue weighted by molar-refractivity contribution is 7.22. The number of thiazole rings is 1. The number of anilines is 1. The average molecular weight is 443 g/mol. The molecule has 2 heterocycles. The van der Waals surface area contributed by atoms with Crippen LogP contribution in [-0.4, -0.2) is 59.8 Å². The maximum Gasteiger partial charge on any atom is 0.253 e. The average Bonchev–Trinajstić information content (AvgIpc) is 3.14. The number of benzene rings is 2. The molecule has 8 heteroatoms. The molecule has 0 spiro atoms. The van der Waals surface area contributed by atoms with Gasteiger partial charge in [-0.25, -0.2) is 4.98 Å². The highest BCUT2D eigenvalue weighted by Crippen LogP contribution is 2.27. The number of likely N-dealkylation sites (N-methyl/N-ethyl adjacent to an activating group) is 1. The molecule has 156 valence electrons. The van der Waals surface area contributed by atoms with Crippen molar-refractivity contribution in [2.45, 2.75) is 12.8 Å². The first-order valence-corrected chi connectivity index (χ1v) is 11.1. The number of fused-ring (bicyclic) bond motifs is 1. The largest absolute Gasteiger partial charge is 0.336 e. The topological polar surface area (TPSA) is 65.5 Å². The molecule has 0 aliphatic carbocycles. The number of aromatic nitrogens is 1. The van der Waals surface area contributed by atoms with Gasteiger partial charge in [0.1, 0.15) is 0 Å². The third-order valence-electron chi connectivity index (χ3n) is 5.23. The van der Waals surface area contributed by atoms with Crippen LogP contribution < -0.4 is 5.32 Å². The lowest BCUT2D eigenvalue weighted by Gasteiger charge is -2.32. The minimum atomic E-state index is -0.0854. The molecular formula is C22H23ClN4O2S. The van der Waals surface area contributed by atoms with E-state index in [1.165, 1.54) is 11.3 Å². The first-order valence-electron chi connectivity index (χ1n) is 9.90. The summed E-state index contributed by atoms with van der Waals surface area (Å²) in [5.41, 5.74) is 2.50. The van der Waals surface area contributed by atoms with Crippen molar-refractivity contribution < 1.29 is 9.59 Å². The number of nitrogens with zero attached hydrogens (tertiary/aromatic N) is 3. The summed E-state index contributed by atoms with van der Waals surface area (Å²) < 4.78 is 0.892. The summed E-state index contributed by atoms with van der Waals surface area (Å²) in [6.07, 6.45) is 1.00. The highest BCUT2D eigenvalue weighted by atomic mass is 35.5. The Balaban J connectivity index is 1.39. The second-order valence-corrected chi connectivity index (χ2v) is 8.94. The van der Waals surface area contributed by atoms with Crippen LogP contribution in [0.4, 0.5) is 5.13 Å². The van der Waals surface area contributed by atoms with Crippen molar-refractivity contribution in [1.29, 1.82) is 0 Å². The second-order valence-electron chi connectivity index (χ2n) is 7.47. The van der Waals surface area contributed by atoms with Gasteiger partial charge in [-0.1, -0.05) is 35.1 Å². The molecular weight excluding hydrogens is 420 g/mol. The molecule has 2 amide bonds. The lowest BCUT2D eigenvalue weighted by molar-refractivity contribution is -0.116. The molecule has 30 heavy (non-hydrogen) atoms. The molecule has 4 rings (SSSR count). The van der Waals surface area contributed by atoms with Gasteiger partial charge < -0.3 is 15.1 Å². The Hall–Kier alpha value is -2.48. The van der Waals surface area contributed by atoms with Crippen LogP contribution in [0, 0.1) is 0 Å². The van der Waals surface area contributed by atoms with E-state index in [4.69, 9.17) is 11.6 Å².